The van der Waals surface area contributed by atoms with E-state index in [0.717, 1.165) is 17.8 Å². The first-order valence-electron chi connectivity index (χ1n) is 22.3. The lowest BCUT2D eigenvalue weighted by Gasteiger charge is -2.57. The van der Waals surface area contributed by atoms with Crippen molar-refractivity contribution in [1.29, 1.82) is 0 Å². The van der Waals surface area contributed by atoms with Crippen molar-refractivity contribution >= 4 is 17.1 Å². The second-order valence-corrected chi connectivity index (χ2v) is 20.0. The predicted molar refractivity (Wildman–Crippen MR) is 247 cm³/mol. The summed E-state index contributed by atoms with van der Waals surface area (Å²) in [6, 6.07) is 60.5. The van der Waals surface area contributed by atoms with E-state index in [1.165, 1.54) is 122 Å². The number of fused-ring (bicyclic) bond motifs is 6. The lowest BCUT2D eigenvalue weighted by atomic mass is 9.48. The molecule has 7 aromatic carbocycles. The van der Waals surface area contributed by atoms with E-state index in [-0.39, 0.29) is 10.8 Å². The molecule has 0 aliphatic heterocycles. The van der Waals surface area contributed by atoms with Crippen molar-refractivity contribution in [3.63, 3.8) is 0 Å². The molecule has 0 spiro atoms. The van der Waals surface area contributed by atoms with Crippen molar-refractivity contribution < 1.29 is 0 Å². The molecule has 290 valence electrons. The monoisotopic (exact) mass is 763 g/mol. The molecular formula is C58H53N. The van der Waals surface area contributed by atoms with E-state index in [1.54, 1.807) is 5.56 Å². The van der Waals surface area contributed by atoms with Crippen LogP contribution in [0.5, 0.6) is 0 Å². The number of hydrogen-bond acceptors (Lipinski definition) is 1. The van der Waals surface area contributed by atoms with Gasteiger partial charge in [0, 0.05) is 27.8 Å². The van der Waals surface area contributed by atoms with E-state index in [4.69, 9.17) is 0 Å². The molecule has 0 heterocycles. The third-order valence-corrected chi connectivity index (χ3v) is 15.8. The molecule has 0 amide bonds. The average Bonchev–Trinajstić information content (AvgIpc) is 3.63. The largest absolute Gasteiger partial charge is 0.310 e. The smallest absolute Gasteiger partial charge is 0.0540 e. The van der Waals surface area contributed by atoms with Gasteiger partial charge >= 0.3 is 0 Å². The summed E-state index contributed by atoms with van der Waals surface area (Å²) >= 11 is 0. The fraction of sp³-hybridized carbons (Fsp3) is 0.276. The van der Waals surface area contributed by atoms with Crippen LogP contribution >= 0.6 is 0 Å². The van der Waals surface area contributed by atoms with Crippen molar-refractivity contribution in [2.45, 2.75) is 82.5 Å². The van der Waals surface area contributed by atoms with Gasteiger partial charge < -0.3 is 4.90 Å². The number of anilines is 3. The van der Waals surface area contributed by atoms with E-state index in [2.05, 4.69) is 190 Å². The van der Waals surface area contributed by atoms with Crippen LogP contribution < -0.4 is 4.90 Å². The van der Waals surface area contributed by atoms with Crippen LogP contribution in [0.15, 0.2) is 158 Å². The molecule has 0 saturated heterocycles. The number of nitrogens with zero attached hydrogens (tertiary/aromatic N) is 1. The highest BCUT2D eigenvalue weighted by atomic mass is 15.1. The second kappa shape index (κ2) is 12.7. The Morgan fingerprint density at radius 2 is 0.864 bits per heavy atom. The zero-order chi connectivity index (χ0) is 39.7. The molecule has 13 rings (SSSR count). The molecule has 59 heavy (non-hydrogen) atoms. The number of hydrogen-bond donors (Lipinski definition) is 0. The highest BCUT2D eigenvalue weighted by Crippen LogP contribution is 2.61. The van der Waals surface area contributed by atoms with E-state index in [9.17, 15) is 0 Å². The molecule has 0 unspecified atom stereocenters. The normalized spacial score (nSPS) is 23.4. The van der Waals surface area contributed by atoms with Gasteiger partial charge in [0.05, 0.1) is 5.69 Å². The van der Waals surface area contributed by atoms with Gasteiger partial charge in [-0.1, -0.05) is 149 Å². The Morgan fingerprint density at radius 3 is 1.41 bits per heavy atom. The standard InChI is InChI=1S/C58H53N/c1-56(2)51-16-10-8-14-46(51)48-25-23-44(32-53(48)56)59(45-24-26-49-47-15-9-11-17-52(47)57(3,4)54(49)33-45)55-27-20-42(31-50(55)41-12-6-5-7-13-41)40-18-21-43(22-19-40)58-34-37-28-38(35-58)30-39(29-37)36-58/h5-27,31-33,37-39H,28-30,34-36H2,1-4H3. The van der Waals surface area contributed by atoms with Crippen molar-refractivity contribution in [1.82, 2.24) is 0 Å². The van der Waals surface area contributed by atoms with Gasteiger partial charge in [0.25, 0.3) is 0 Å². The van der Waals surface area contributed by atoms with Crippen molar-refractivity contribution in [3.05, 3.63) is 186 Å². The molecule has 7 aromatic rings. The Kier molecular flexibility index (Phi) is 7.58. The second-order valence-electron chi connectivity index (χ2n) is 20.0. The van der Waals surface area contributed by atoms with Crippen LogP contribution in [-0.4, -0.2) is 0 Å². The summed E-state index contributed by atoms with van der Waals surface area (Å²) in [5.74, 6) is 2.84. The summed E-state index contributed by atoms with van der Waals surface area (Å²) in [7, 11) is 0. The predicted octanol–water partition coefficient (Wildman–Crippen LogP) is 15.6. The Balaban J connectivity index is 1.02. The molecular weight excluding hydrogens is 711 g/mol. The summed E-state index contributed by atoms with van der Waals surface area (Å²) in [6.07, 6.45) is 8.65. The Hall–Kier alpha value is -5.66. The lowest BCUT2D eigenvalue weighted by Crippen LogP contribution is -2.48. The quantitative estimate of drug-likeness (QED) is 0.163. The van der Waals surface area contributed by atoms with E-state index >= 15 is 0 Å². The van der Waals surface area contributed by atoms with Gasteiger partial charge in [0.15, 0.2) is 0 Å². The maximum Gasteiger partial charge on any atom is 0.0540 e. The van der Waals surface area contributed by atoms with Crippen LogP contribution in [-0.2, 0) is 16.2 Å². The van der Waals surface area contributed by atoms with Crippen molar-refractivity contribution in [2.75, 3.05) is 4.90 Å². The van der Waals surface area contributed by atoms with Crippen LogP contribution in [0.2, 0.25) is 0 Å². The summed E-state index contributed by atoms with van der Waals surface area (Å²) in [5.41, 5.74) is 21.3. The minimum atomic E-state index is -0.108. The molecule has 0 N–H and O–H groups in total. The molecule has 0 radical (unpaired) electrons. The first-order valence-corrected chi connectivity index (χ1v) is 22.3. The van der Waals surface area contributed by atoms with Crippen LogP contribution in [0.1, 0.15) is 94.0 Å². The minimum absolute atomic E-state index is 0.108. The van der Waals surface area contributed by atoms with Crippen LogP contribution in [0.25, 0.3) is 44.5 Å². The zero-order valence-corrected chi connectivity index (χ0v) is 34.9. The van der Waals surface area contributed by atoms with Crippen molar-refractivity contribution in [2.24, 2.45) is 17.8 Å². The highest BCUT2D eigenvalue weighted by molar-refractivity contribution is 5.94. The van der Waals surface area contributed by atoms with E-state index < -0.39 is 0 Å². The fourth-order valence-electron chi connectivity index (χ4n) is 13.3. The average molecular weight is 764 g/mol. The maximum atomic E-state index is 2.54. The third-order valence-electron chi connectivity index (χ3n) is 15.8. The van der Waals surface area contributed by atoms with Gasteiger partial charge in [0.2, 0.25) is 0 Å². The Labute approximate surface area is 350 Å². The molecule has 6 aliphatic rings. The summed E-state index contributed by atoms with van der Waals surface area (Å²) in [6.45, 7) is 9.55. The molecule has 4 fully saturated rings. The summed E-state index contributed by atoms with van der Waals surface area (Å²) < 4.78 is 0. The van der Waals surface area contributed by atoms with Gasteiger partial charge in [-0.3, -0.25) is 0 Å². The first-order chi connectivity index (χ1) is 28.7. The highest BCUT2D eigenvalue weighted by Gasteiger charge is 2.51. The minimum Gasteiger partial charge on any atom is -0.310 e. The van der Waals surface area contributed by atoms with Gasteiger partial charge in [-0.05, 0) is 165 Å². The zero-order valence-electron chi connectivity index (χ0n) is 34.9. The molecule has 6 aliphatic carbocycles. The lowest BCUT2D eigenvalue weighted by molar-refractivity contribution is -0.00518. The molecule has 1 heteroatoms. The van der Waals surface area contributed by atoms with Gasteiger partial charge in [-0.25, -0.2) is 0 Å². The summed E-state index contributed by atoms with van der Waals surface area (Å²) in [4.78, 5) is 2.54. The fourth-order valence-corrected chi connectivity index (χ4v) is 13.3. The molecule has 4 saturated carbocycles. The molecule has 0 aromatic heterocycles. The topological polar surface area (TPSA) is 3.24 Å². The SMILES string of the molecule is CC1(C)c2ccccc2-c2ccc(N(c3ccc4c(c3)C(C)(C)c3ccccc3-4)c3ccc(-c4ccc(C56CC7CC(CC(C7)C5)C6)cc4)cc3-c3ccccc3)cc21. The number of benzene rings is 7. The number of rotatable bonds is 6. The van der Waals surface area contributed by atoms with Crippen LogP contribution in [0.4, 0.5) is 17.1 Å². The molecule has 0 atom stereocenters. The van der Waals surface area contributed by atoms with Crippen LogP contribution in [0.3, 0.4) is 0 Å². The van der Waals surface area contributed by atoms with E-state index in [1.807, 2.05) is 0 Å². The van der Waals surface area contributed by atoms with Gasteiger partial charge in [-0.2, -0.15) is 0 Å². The Morgan fingerprint density at radius 1 is 0.390 bits per heavy atom. The van der Waals surface area contributed by atoms with Crippen molar-refractivity contribution in [3.8, 4) is 44.5 Å². The first kappa shape index (κ1) is 35.3. The van der Waals surface area contributed by atoms with E-state index in [0.29, 0.717) is 5.41 Å². The third kappa shape index (κ3) is 5.29. The maximum absolute atomic E-state index is 2.54. The molecule has 1 nitrogen and oxygen atoms in total. The molecule has 4 bridgehead atoms. The van der Waals surface area contributed by atoms with Crippen LogP contribution in [0, 0.1) is 17.8 Å². The van der Waals surface area contributed by atoms with Gasteiger partial charge in [-0.15, -0.1) is 0 Å². The summed E-state index contributed by atoms with van der Waals surface area (Å²) in [5, 5.41) is 0. The Bertz CT molecular complexity index is 2660. The van der Waals surface area contributed by atoms with Gasteiger partial charge in [0.1, 0.15) is 0 Å².